The van der Waals surface area contributed by atoms with Crippen LogP contribution in [0.3, 0.4) is 0 Å². The summed E-state index contributed by atoms with van der Waals surface area (Å²) >= 11 is 0. The summed E-state index contributed by atoms with van der Waals surface area (Å²) in [5.74, 6) is -3.25. The van der Waals surface area contributed by atoms with E-state index in [1.807, 2.05) is 0 Å². The van der Waals surface area contributed by atoms with Gasteiger partial charge in [0.25, 0.3) is 0 Å². The Morgan fingerprint density at radius 3 is 2.03 bits per heavy atom. The van der Waals surface area contributed by atoms with E-state index >= 15 is 0 Å². The number of aliphatic carboxylic acids is 1. The van der Waals surface area contributed by atoms with Gasteiger partial charge in [0.05, 0.1) is 6.54 Å². The van der Waals surface area contributed by atoms with Gasteiger partial charge in [-0.3, -0.25) is 19.2 Å². The van der Waals surface area contributed by atoms with Gasteiger partial charge >= 0.3 is 5.97 Å². The molecule has 3 amide bonds. The summed E-state index contributed by atoms with van der Waals surface area (Å²) in [4.78, 5) is 47.9. The van der Waals surface area contributed by atoms with Crippen LogP contribution in [0, 0.1) is 5.92 Å². The lowest BCUT2D eigenvalue weighted by molar-refractivity contribution is -0.141. The smallest absolute Gasteiger partial charge is 0.325 e. The molecule has 1 aromatic carbocycles. The molecule has 0 aromatic heterocycles. The Hall–Kier alpha value is -3.14. The van der Waals surface area contributed by atoms with Crippen LogP contribution in [0.15, 0.2) is 24.3 Å². The van der Waals surface area contributed by atoms with Gasteiger partial charge in [0.1, 0.15) is 23.9 Å². The molecule has 0 spiro atoms. The first-order valence-corrected chi connectivity index (χ1v) is 9.16. The van der Waals surface area contributed by atoms with Crippen molar-refractivity contribution in [2.45, 2.75) is 45.3 Å². The molecule has 0 fully saturated rings. The zero-order valence-corrected chi connectivity index (χ0v) is 16.6. The Morgan fingerprint density at radius 2 is 1.55 bits per heavy atom. The molecule has 0 aliphatic heterocycles. The SMILES string of the molecule is CC(NC(=O)C(Cc1ccc(O)cc1)NC(=O)C(NC(=O)CN)C(C)C)C(=O)O. The van der Waals surface area contributed by atoms with Gasteiger partial charge in [-0.15, -0.1) is 0 Å². The number of aromatic hydroxyl groups is 1. The third kappa shape index (κ3) is 7.78. The summed E-state index contributed by atoms with van der Waals surface area (Å²) in [7, 11) is 0. The minimum atomic E-state index is -1.22. The zero-order valence-electron chi connectivity index (χ0n) is 16.6. The van der Waals surface area contributed by atoms with Crippen LogP contribution in [0.25, 0.3) is 0 Å². The first-order valence-electron chi connectivity index (χ1n) is 9.16. The molecule has 29 heavy (non-hydrogen) atoms. The van der Waals surface area contributed by atoms with Gasteiger partial charge in [0, 0.05) is 6.42 Å². The molecule has 10 nitrogen and oxygen atoms in total. The molecule has 3 atom stereocenters. The van der Waals surface area contributed by atoms with Crippen molar-refractivity contribution in [3.05, 3.63) is 29.8 Å². The van der Waals surface area contributed by atoms with Crippen molar-refractivity contribution < 1.29 is 29.4 Å². The van der Waals surface area contributed by atoms with E-state index in [1.54, 1.807) is 26.0 Å². The number of carbonyl (C=O) groups excluding carboxylic acids is 3. The van der Waals surface area contributed by atoms with Gasteiger partial charge in [0.15, 0.2) is 0 Å². The summed E-state index contributed by atoms with van der Waals surface area (Å²) < 4.78 is 0. The van der Waals surface area contributed by atoms with E-state index in [0.29, 0.717) is 5.56 Å². The lowest BCUT2D eigenvalue weighted by atomic mass is 10.0. The largest absolute Gasteiger partial charge is 0.508 e. The average molecular weight is 408 g/mol. The number of nitrogens with one attached hydrogen (secondary N) is 3. The summed E-state index contributed by atoms with van der Waals surface area (Å²) in [5.41, 5.74) is 5.92. The van der Waals surface area contributed by atoms with E-state index in [1.165, 1.54) is 19.1 Å². The molecule has 160 valence electrons. The quantitative estimate of drug-likeness (QED) is 0.291. The predicted octanol–water partition coefficient (Wildman–Crippen LogP) is -0.892. The minimum Gasteiger partial charge on any atom is -0.508 e. The van der Waals surface area contributed by atoms with Crippen molar-refractivity contribution >= 4 is 23.7 Å². The van der Waals surface area contributed by atoms with Gasteiger partial charge in [-0.25, -0.2) is 0 Å². The Morgan fingerprint density at radius 1 is 0.966 bits per heavy atom. The fourth-order valence-corrected chi connectivity index (χ4v) is 2.48. The molecular weight excluding hydrogens is 380 g/mol. The summed E-state index contributed by atoms with van der Waals surface area (Å²) in [6.45, 7) is 4.47. The maximum atomic E-state index is 12.7. The predicted molar refractivity (Wildman–Crippen MR) is 105 cm³/mol. The zero-order chi connectivity index (χ0) is 22.1. The van der Waals surface area contributed by atoms with Crippen LogP contribution in [0.1, 0.15) is 26.3 Å². The normalized spacial score (nSPS) is 13.8. The molecule has 0 saturated heterocycles. The maximum absolute atomic E-state index is 12.7. The lowest BCUT2D eigenvalue weighted by Crippen LogP contribution is -2.57. The molecule has 0 aliphatic rings. The van der Waals surface area contributed by atoms with Gasteiger partial charge in [-0.05, 0) is 30.5 Å². The van der Waals surface area contributed by atoms with Gasteiger partial charge in [-0.2, -0.15) is 0 Å². The van der Waals surface area contributed by atoms with Crippen LogP contribution in [0.4, 0.5) is 0 Å². The molecule has 0 bridgehead atoms. The number of rotatable bonds is 10. The topological polar surface area (TPSA) is 171 Å². The molecule has 0 heterocycles. The number of nitrogens with two attached hydrogens (primary N) is 1. The third-order valence-corrected chi connectivity index (χ3v) is 4.19. The van der Waals surface area contributed by atoms with E-state index in [4.69, 9.17) is 10.8 Å². The highest BCUT2D eigenvalue weighted by Crippen LogP contribution is 2.12. The number of phenols is 1. The standard InChI is InChI=1S/C19H28N4O6/c1-10(2)16(23-15(25)9-20)18(27)22-14(17(26)21-11(3)19(28)29)8-12-4-6-13(24)7-5-12/h4-7,10-11,14,16,24H,8-9,20H2,1-3H3,(H,21,26)(H,22,27)(H,23,25)(H,28,29). The fourth-order valence-electron chi connectivity index (χ4n) is 2.48. The Bertz CT molecular complexity index is 735. The highest BCUT2D eigenvalue weighted by Gasteiger charge is 2.29. The van der Waals surface area contributed by atoms with E-state index in [9.17, 15) is 24.3 Å². The number of carboxylic acid groups (broad SMARTS) is 1. The first-order chi connectivity index (χ1) is 13.5. The molecule has 7 N–H and O–H groups in total. The van der Waals surface area contributed by atoms with E-state index in [-0.39, 0.29) is 24.6 Å². The van der Waals surface area contributed by atoms with Crippen molar-refractivity contribution in [1.82, 2.24) is 16.0 Å². The van der Waals surface area contributed by atoms with Crippen molar-refractivity contribution in [3.63, 3.8) is 0 Å². The molecule has 1 rings (SSSR count). The van der Waals surface area contributed by atoms with Gasteiger partial charge in [0.2, 0.25) is 17.7 Å². The van der Waals surface area contributed by atoms with Crippen molar-refractivity contribution in [2.24, 2.45) is 11.7 Å². The average Bonchev–Trinajstić information content (AvgIpc) is 2.66. The second-order valence-electron chi connectivity index (χ2n) is 6.99. The maximum Gasteiger partial charge on any atom is 0.325 e. The molecular formula is C19H28N4O6. The number of benzene rings is 1. The number of hydrogen-bond acceptors (Lipinski definition) is 6. The van der Waals surface area contributed by atoms with Crippen molar-refractivity contribution in [1.29, 1.82) is 0 Å². The number of carbonyl (C=O) groups is 4. The van der Waals surface area contributed by atoms with Crippen LogP contribution in [0.5, 0.6) is 5.75 Å². The van der Waals surface area contributed by atoms with E-state index < -0.39 is 41.8 Å². The monoisotopic (exact) mass is 408 g/mol. The van der Waals surface area contributed by atoms with E-state index in [0.717, 1.165) is 0 Å². The highest BCUT2D eigenvalue weighted by molar-refractivity contribution is 5.93. The molecule has 0 aliphatic carbocycles. The van der Waals surface area contributed by atoms with Crippen LogP contribution in [-0.4, -0.2) is 58.6 Å². The van der Waals surface area contributed by atoms with Crippen molar-refractivity contribution in [2.75, 3.05) is 6.54 Å². The van der Waals surface area contributed by atoms with Crippen LogP contribution >= 0.6 is 0 Å². The van der Waals surface area contributed by atoms with Crippen LogP contribution in [-0.2, 0) is 25.6 Å². The summed E-state index contributed by atoms with van der Waals surface area (Å²) in [5, 5.41) is 25.8. The first kappa shape index (κ1) is 23.9. The number of carboxylic acids is 1. The number of amides is 3. The molecule has 10 heteroatoms. The molecule has 0 radical (unpaired) electrons. The second-order valence-corrected chi connectivity index (χ2v) is 6.99. The van der Waals surface area contributed by atoms with Crippen LogP contribution in [0.2, 0.25) is 0 Å². The molecule has 1 aromatic rings. The van der Waals surface area contributed by atoms with Gasteiger partial charge in [-0.1, -0.05) is 26.0 Å². The fraction of sp³-hybridized carbons (Fsp3) is 0.474. The summed E-state index contributed by atoms with van der Waals surface area (Å²) in [6, 6.07) is 2.87. The van der Waals surface area contributed by atoms with E-state index in [2.05, 4.69) is 16.0 Å². The highest BCUT2D eigenvalue weighted by atomic mass is 16.4. The van der Waals surface area contributed by atoms with Crippen LogP contribution < -0.4 is 21.7 Å². The number of hydrogen-bond donors (Lipinski definition) is 6. The van der Waals surface area contributed by atoms with Gasteiger partial charge < -0.3 is 31.9 Å². The summed E-state index contributed by atoms with van der Waals surface area (Å²) in [6.07, 6.45) is 0.0554. The molecule has 0 saturated carbocycles. The Balaban J connectivity index is 3.03. The Kier molecular flexibility index (Phi) is 9.07. The number of phenolic OH excluding ortho intramolecular Hbond substituents is 1. The minimum absolute atomic E-state index is 0.0441. The second kappa shape index (κ2) is 11.0. The third-order valence-electron chi connectivity index (χ3n) is 4.19. The molecule has 3 unspecified atom stereocenters. The lowest BCUT2D eigenvalue weighted by Gasteiger charge is -2.25. The van der Waals surface area contributed by atoms with Crippen molar-refractivity contribution in [3.8, 4) is 5.75 Å². The Labute approximate surface area is 168 Å².